The Hall–Kier alpha value is -6.43. The van der Waals surface area contributed by atoms with Crippen LogP contribution >= 0.6 is 0 Å². The maximum atomic E-state index is 15.3. The number of hydrogen-bond donors (Lipinski definition) is 5. The van der Waals surface area contributed by atoms with E-state index in [0.717, 1.165) is 4.90 Å². The van der Waals surface area contributed by atoms with Gasteiger partial charge in [-0.05, 0) is 94.3 Å². The Morgan fingerprint density at radius 3 is 1.46 bits per heavy atom. The molecule has 5 N–H and O–H groups in total. The maximum Gasteiger partial charge on any atom is 0.246 e. The minimum Gasteiger partial charge on any atom is -0.390 e. The van der Waals surface area contributed by atoms with Crippen LogP contribution in [0.1, 0.15) is 156 Å². The molecule has 2 aliphatic heterocycles. The van der Waals surface area contributed by atoms with Gasteiger partial charge in [-0.15, -0.1) is 6.58 Å². The van der Waals surface area contributed by atoms with Crippen molar-refractivity contribution in [1.82, 2.24) is 55.6 Å². The van der Waals surface area contributed by atoms with Crippen LogP contribution in [0.15, 0.2) is 24.8 Å². The lowest BCUT2D eigenvalue weighted by Gasteiger charge is -2.41. The molecule has 0 aromatic rings. The monoisotopic (exact) mass is 1270 g/mol. The number of aliphatic hydroxyl groups excluding tert-OH is 1. The lowest BCUT2D eigenvalue weighted by molar-refractivity contribution is -0.157. The van der Waals surface area contributed by atoms with Crippen molar-refractivity contribution in [3.63, 3.8) is 0 Å². The van der Waals surface area contributed by atoms with Crippen molar-refractivity contribution in [2.75, 3.05) is 55.4 Å². The van der Waals surface area contributed by atoms with Gasteiger partial charge in [0, 0.05) is 55.3 Å². The average Bonchev–Trinajstić information content (AvgIpc) is 1.37. The number of carbonyl (C=O) groups is 11. The number of nitrogens with zero attached hydrogens (tertiary/aromatic N) is 7. The van der Waals surface area contributed by atoms with E-state index in [1.54, 1.807) is 68.4 Å². The summed E-state index contributed by atoms with van der Waals surface area (Å²) in [5, 5.41) is 23.4. The molecule has 2 heterocycles. The number of allylic oxidation sites excluding steroid dienone is 2. The molecule has 2 aliphatic rings. The highest BCUT2D eigenvalue weighted by Crippen LogP contribution is 2.29. The Morgan fingerprint density at radius 2 is 0.978 bits per heavy atom. The maximum absolute atomic E-state index is 15.3. The van der Waals surface area contributed by atoms with Crippen molar-refractivity contribution in [1.29, 1.82) is 0 Å². The van der Waals surface area contributed by atoms with Gasteiger partial charge in [0.05, 0.1) is 18.8 Å². The van der Waals surface area contributed by atoms with E-state index in [0.29, 0.717) is 6.42 Å². The summed E-state index contributed by atoms with van der Waals surface area (Å²) in [7, 11) is 8.56. The number of aliphatic hydroxyl groups is 1. The molecule has 11 amide bonds. The predicted molar refractivity (Wildman–Crippen MR) is 346 cm³/mol. The van der Waals surface area contributed by atoms with Gasteiger partial charge in [0.15, 0.2) is 0 Å². The number of amides is 11. The predicted octanol–water partition coefficient (Wildman–Crippen LogP) is 3.59. The van der Waals surface area contributed by atoms with Crippen LogP contribution in [0.5, 0.6) is 0 Å². The van der Waals surface area contributed by atoms with E-state index < -0.39 is 167 Å². The van der Waals surface area contributed by atoms with Gasteiger partial charge in [-0.3, -0.25) is 52.7 Å². The largest absolute Gasteiger partial charge is 0.390 e. The second-order valence-corrected chi connectivity index (χ2v) is 27.4. The molecule has 2 fully saturated rings. The summed E-state index contributed by atoms with van der Waals surface area (Å²) in [6.45, 7) is 33.3. The van der Waals surface area contributed by atoms with Gasteiger partial charge in [0.1, 0.15) is 66.5 Å². The molecule has 0 aliphatic carbocycles. The zero-order valence-corrected chi connectivity index (χ0v) is 58.6. The Bertz CT molecular complexity index is 2520. The summed E-state index contributed by atoms with van der Waals surface area (Å²) < 4.78 is 6.05. The fourth-order valence-corrected chi connectivity index (χ4v) is 12.0. The number of ether oxygens (including phenoxy) is 1. The lowest BCUT2D eigenvalue weighted by atomic mass is 9.91. The Balaban J connectivity index is 3.08. The molecule has 24 nitrogen and oxygen atoms in total. The molecule has 0 radical (unpaired) electrons. The number of hydrogen-bond acceptors (Lipinski definition) is 13. The number of fused-ring (bicyclic) bond motifs is 1. The van der Waals surface area contributed by atoms with E-state index >= 15 is 28.8 Å². The van der Waals surface area contributed by atoms with Crippen molar-refractivity contribution in [2.24, 2.45) is 41.4 Å². The standard InChI is InChI=1S/C66H115N11O13/c1-25-28-29-42(16)55(78)54-59(82)69-46(27-3)61(84)77-35-45(90-30-26-2)34-50(77)64(87)74(22)52(40(12)13)58(81)70-51(39(10)11)65(88)71(19)47(31-36(4)5)57(80)67-43(17)56(79)68-44(18)60(83)72(20)48(32-37(6)7)62(85)73(21)49(33-38(8)9)63(86)75(23)53(41(14)15)66(89)76(54)24/h25-26,28,36-55,78H,2,27,29-35H2,1,3-24H3,(H,67,80)(H,68,79)(H,69,82)(H,70,81)/b28-25+/t42-,43+,44-,45?,46+,47+,48+,49+,50-,51+,52+,53+,54+,55-/m1/s1. The SMILES string of the molecule is C=CCOC1C[C@@H]2C(=O)N(C)[C@@H](C(C)C)C(=O)N[C@@H](C(C)C)C(=O)N(C)[C@@H](CC(C)C)C(=O)N[C@@H](C)C(=O)N[C@H](C)C(=O)N(C)[C@@H](CC(C)C)C(=O)N(C)[C@@H](CC(C)C)C(=O)N(C)[C@@H](C(C)C)C(=O)N(C)[C@@H]([C@H](O)[C@H](C)C/C=C/C)C(=O)N[C@@H](CC)C(=O)N2C1. The van der Waals surface area contributed by atoms with E-state index in [9.17, 15) is 29.1 Å². The van der Waals surface area contributed by atoms with Crippen LogP contribution in [0, 0.1) is 41.4 Å². The summed E-state index contributed by atoms with van der Waals surface area (Å²) in [6, 6.07) is -13.8. The minimum absolute atomic E-state index is 0.00435. The highest BCUT2D eigenvalue weighted by atomic mass is 16.5. The van der Waals surface area contributed by atoms with Crippen LogP contribution in [0.3, 0.4) is 0 Å². The van der Waals surface area contributed by atoms with Crippen molar-refractivity contribution in [3.05, 3.63) is 24.8 Å². The van der Waals surface area contributed by atoms with Gasteiger partial charge in [0.25, 0.3) is 0 Å². The zero-order valence-electron chi connectivity index (χ0n) is 58.6. The fraction of sp³-hybridized carbons (Fsp3) is 0.773. The van der Waals surface area contributed by atoms with Crippen LogP contribution in [-0.4, -0.2) is 238 Å². The summed E-state index contributed by atoms with van der Waals surface area (Å²) in [5.41, 5.74) is 0. The molecular weight excluding hydrogens is 1150 g/mol. The van der Waals surface area contributed by atoms with E-state index in [2.05, 4.69) is 27.8 Å². The Kier molecular flexibility index (Phi) is 31.8. The number of rotatable bonds is 17. The third kappa shape index (κ3) is 20.8. The highest BCUT2D eigenvalue weighted by molar-refractivity contribution is 6.00. The van der Waals surface area contributed by atoms with Gasteiger partial charge < -0.3 is 65.4 Å². The molecule has 2 saturated heterocycles. The second-order valence-electron chi connectivity index (χ2n) is 27.4. The third-order valence-electron chi connectivity index (χ3n) is 17.4. The molecule has 512 valence electrons. The smallest absolute Gasteiger partial charge is 0.246 e. The number of carbonyl (C=O) groups excluding carboxylic acids is 11. The molecule has 2 rings (SSSR count). The first-order valence-electron chi connectivity index (χ1n) is 32.4. The van der Waals surface area contributed by atoms with Crippen molar-refractivity contribution < 1.29 is 62.6 Å². The van der Waals surface area contributed by atoms with Gasteiger partial charge in [-0.1, -0.05) is 115 Å². The van der Waals surface area contributed by atoms with E-state index in [1.165, 1.54) is 91.6 Å². The average molecular weight is 1270 g/mol. The summed E-state index contributed by atoms with van der Waals surface area (Å²) >= 11 is 0. The Labute approximate surface area is 537 Å². The molecule has 0 aromatic heterocycles. The molecule has 14 atom stereocenters. The summed E-state index contributed by atoms with van der Waals surface area (Å²) in [5.74, 6) is -10.3. The van der Waals surface area contributed by atoms with E-state index in [-0.39, 0.29) is 63.0 Å². The molecule has 90 heavy (non-hydrogen) atoms. The third-order valence-corrected chi connectivity index (χ3v) is 17.4. The van der Waals surface area contributed by atoms with Crippen LogP contribution in [0.25, 0.3) is 0 Å². The van der Waals surface area contributed by atoms with E-state index in [1.807, 2.05) is 47.6 Å². The minimum atomic E-state index is -1.64. The van der Waals surface area contributed by atoms with Crippen LogP contribution < -0.4 is 21.3 Å². The topological polar surface area (TPSA) is 288 Å². The number of likely N-dealkylation sites (N-methyl/N-ethyl adjacent to an activating group) is 6. The summed E-state index contributed by atoms with van der Waals surface area (Å²) in [6.07, 6.45) is 3.61. The van der Waals surface area contributed by atoms with Crippen LogP contribution in [0.4, 0.5) is 0 Å². The van der Waals surface area contributed by atoms with Gasteiger partial charge in [-0.2, -0.15) is 0 Å². The number of nitrogens with one attached hydrogen (secondary N) is 4. The van der Waals surface area contributed by atoms with Crippen molar-refractivity contribution >= 4 is 65.0 Å². The van der Waals surface area contributed by atoms with Crippen LogP contribution in [0.2, 0.25) is 0 Å². The lowest BCUT2D eigenvalue weighted by Crippen LogP contribution is -2.64. The molecule has 0 aromatic carbocycles. The molecule has 0 bridgehead atoms. The van der Waals surface area contributed by atoms with Crippen molar-refractivity contribution in [2.45, 2.75) is 235 Å². The summed E-state index contributed by atoms with van der Waals surface area (Å²) in [4.78, 5) is 172. The quantitative estimate of drug-likeness (QED) is 0.130. The van der Waals surface area contributed by atoms with Gasteiger partial charge in [0.2, 0.25) is 65.0 Å². The highest BCUT2D eigenvalue weighted by Gasteiger charge is 2.49. The van der Waals surface area contributed by atoms with Crippen molar-refractivity contribution in [3.8, 4) is 0 Å². The second kappa shape index (κ2) is 36.0. The van der Waals surface area contributed by atoms with Gasteiger partial charge in [-0.25, -0.2) is 0 Å². The first-order chi connectivity index (χ1) is 41.7. The molecule has 1 unspecified atom stereocenters. The molecule has 0 saturated carbocycles. The first-order valence-corrected chi connectivity index (χ1v) is 32.4. The first kappa shape index (κ1) is 79.7. The fourth-order valence-electron chi connectivity index (χ4n) is 12.0. The van der Waals surface area contributed by atoms with Crippen LogP contribution in [-0.2, 0) is 57.5 Å². The molecular formula is C66H115N11O13. The normalized spacial score (nSPS) is 28.3. The molecule has 24 heteroatoms. The molecule has 0 spiro atoms. The zero-order chi connectivity index (χ0) is 69.3. The van der Waals surface area contributed by atoms with E-state index in [4.69, 9.17) is 4.74 Å². The Morgan fingerprint density at radius 1 is 0.522 bits per heavy atom. The van der Waals surface area contributed by atoms with Gasteiger partial charge >= 0.3 is 0 Å².